The van der Waals surface area contributed by atoms with Gasteiger partial charge in [-0.25, -0.2) is 9.36 Å². The SMILES string of the molecule is C=Cc1ccc2sc3ccccc3n3c(=O)oc(=C)c1c2-3. The van der Waals surface area contributed by atoms with E-state index in [1.165, 1.54) is 0 Å². The average Bonchev–Trinajstić information content (AvgIpc) is 2.50. The first-order valence-corrected chi connectivity index (χ1v) is 7.30. The summed E-state index contributed by atoms with van der Waals surface area (Å²) in [4.78, 5) is 12.4. The van der Waals surface area contributed by atoms with Gasteiger partial charge in [-0.1, -0.05) is 37.4 Å². The summed E-state index contributed by atoms with van der Waals surface area (Å²) in [7, 11) is 0. The zero-order chi connectivity index (χ0) is 14.6. The lowest BCUT2D eigenvalue weighted by Gasteiger charge is -2.17. The minimum Gasteiger partial charge on any atom is -0.410 e. The van der Waals surface area contributed by atoms with Crippen molar-refractivity contribution in [1.82, 2.24) is 4.57 Å². The highest BCUT2D eigenvalue weighted by atomic mass is 32.1. The molecule has 0 fully saturated rings. The molecule has 2 aliphatic rings. The molecule has 4 rings (SSSR count). The first-order valence-electron chi connectivity index (χ1n) is 6.48. The highest BCUT2D eigenvalue weighted by Crippen LogP contribution is 2.33. The molecule has 21 heavy (non-hydrogen) atoms. The molecule has 2 aromatic rings. The van der Waals surface area contributed by atoms with E-state index in [-0.39, 0.29) is 0 Å². The lowest BCUT2D eigenvalue weighted by Crippen LogP contribution is -2.26. The number of hydrogen-bond acceptors (Lipinski definition) is 3. The maximum Gasteiger partial charge on any atom is 0.424 e. The topological polar surface area (TPSA) is 35.1 Å². The third kappa shape index (κ3) is 1.56. The van der Waals surface area contributed by atoms with E-state index in [4.69, 9.17) is 4.42 Å². The van der Waals surface area contributed by atoms with E-state index in [0.29, 0.717) is 5.42 Å². The molecule has 0 amide bonds. The molecule has 3 nitrogen and oxygen atoms in total. The van der Waals surface area contributed by atoms with Crippen LogP contribution < -0.4 is 11.2 Å². The van der Waals surface area contributed by atoms with Crippen molar-refractivity contribution in [3.8, 4) is 5.69 Å². The van der Waals surface area contributed by atoms with Gasteiger partial charge in [0, 0.05) is 5.39 Å². The van der Waals surface area contributed by atoms with Crippen molar-refractivity contribution in [1.29, 1.82) is 0 Å². The quantitative estimate of drug-likeness (QED) is 0.397. The van der Waals surface area contributed by atoms with Crippen molar-refractivity contribution < 1.29 is 4.42 Å². The third-order valence-electron chi connectivity index (χ3n) is 3.61. The lowest BCUT2D eigenvalue weighted by molar-refractivity contribution is 0.447. The molecule has 0 saturated carbocycles. The van der Waals surface area contributed by atoms with Crippen LogP contribution in [-0.4, -0.2) is 4.57 Å². The predicted octanol–water partition coefficient (Wildman–Crippen LogP) is 3.57. The summed E-state index contributed by atoms with van der Waals surface area (Å²) in [5.74, 6) is -0.414. The van der Waals surface area contributed by atoms with Gasteiger partial charge in [-0.15, -0.1) is 11.3 Å². The second-order valence-electron chi connectivity index (χ2n) is 4.78. The van der Waals surface area contributed by atoms with Gasteiger partial charge in [-0.05, 0) is 23.8 Å². The molecule has 2 aliphatic heterocycles. The van der Waals surface area contributed by atoms with Crippen LogP contribution in [0.1, 0.15) is 5.56 Å². The van der Waals surface area contributed by atoms with Gasteiger partial charge in [-0.2, -0.15) is 0 Å². The number of hydrogen-bond donors (Lipinski definition) is 0. The van der Waals surface area contributed by atoms with Crippen molar-refractivity contribution in [2.24, 2.45) is 0 Å². The molecule has 4 heteroatoms. The van der Waals surface area contributed by atoms with E-state index in [0.717, 1.165) is 31.6 Å². The summed E-state index contributed by atoms with van der Waals surface area (Å²) in [6, 6.07) is 11.8. The zero-order valence-electron chi connectivity index (χ0n) is 11.1. The van der Waals surface area contributed by atoms with Gasteiger partial charge in [0.15, 0.2) is 0 Å². The Kier molecular flexibility index (Phi) is 2.43. The van der Waals surface area contributed by atoms with Gasteiger partial charge in [0.05, 0.1) is 20.6 Å². The zero-order valence-corrected chi connectivity index (χ0v) is 11.9. The van der Waals surface area contributed by atoms with Gasteiger partial charge in [-0.3, -0.25) is 0 Å². The third-order valence-corrected chi connectivity index (χ3v) is 4.73. The summed E-state index contributed by atoms with van der Waals surface area (Å²) in [5, 5.41) is 0.837. The van der Waals surface area contributed by atoms with Crippen LogP contribution in [0, 0.1) is 0 Å². The molecule has 0 bridgehead atoms. The minimum atomic E-state index is -0.414. The Morgan fingerprint density at radius 1 is 1.14 bits per heavy atom. The van der Waals surface area contributed by atoms with Gasteiger partial charge in [0.2, 0.25) is 0 Å². The largest absolute Gasteiger partial charge is 0.424 e. The molecular formula is C17H11NO2S. The molecule has 102 valence electrons. The fourth-order valence-corrected chi connectivity index (χ4v) is 3.79. The van der Waals surface area contributed by atoms with E-state index in [1.54, 1.807) is 22.0 Å². The highest BCUT2D eigenvalue weighted by molar-refractivity contribution is 7.24. The van der Waals surface area contributed by atoms with Crippen molar-refractivity contribution >= 4 is 44.3 Å². The summed E-state index contributed by atoms with van der Waals surface area (Å²) >= 11 is 1.65. The van der Waals surface area contributed by atoms with Crippen LogP contribution in [0.25, 0.3) is 38.6 Å². The van der Waals surface area contributed by atoms with Crippen molar-refractivity contribution in [2.75, 3.05) is 0 Å². The normalized spacial score (nSPS) is 11.4. The number of rotatable bonds is 1. The smallest absolute Gasteiger partial charge is 0.410 e. The van der Waals surface area contributed by atoms with Gasteiger partial charge >= 0.3 is 5.76 Å². The molecule has 2 heterocycles. The molecule has 0 N–H and O–H groups in total. The van der Waals surface area contributed by atoms with Gasteiger partial charge < -0.3 is 4.42 Å². The first kappa shape index (κ1) is 12.2. The highest BCUT2D eigenvalue weighted by Gasteiger charge is 2.18. The second-order valence-corrected chi connectivity index (χ2v) is 5.86. The van der Waals surface area contributed by atoms with Gasteiger partial charge in [0.1, 0.15) is 5.42 Å². The van der Waals surface area contributed by atoms with Crippen LogP contribution in [-0.2, 0) is 0 Å². The van der Waals surface area contributed by atoms with Crippen molar-refractivity contribution in [2.45, 2.75) is 0 Å². The van der Waals surface area contributed by atoms with Crippen LogP contribution >= 0.6 is 11.3 Å². The molecule has 0 saturated heterocycles. The Labute approximate surface area is 124 Å². The number of benzene rings is 2. The summed E-state index contributed by atoms with van der Waals surface area (Å²) < 4.78 is 9.02. The van der Waals surface area contributed by atoms with E-state index in [2.05, 4.69) is 13.2 Å². The predicted molar refractivity (Wildman–Crippen MR) is 88.0 cm³/mol. The monoisotopic (exact) mass is 293 g/mol. The Balaban J connectivity index is 2.45. The molecule has 0 radical (unpaired) electrons. The van der Waals surface area contributed by atoms with E-state index >= 15 is 0 Å². The molecule has 0 atom stereocenters. The molecule has 0 unspecified atom stereocenters. The summed E-state index contributed by atoms with van der Waals surface area (Å²) in [6.07, 6.45) is 1.75. The van der Waals surface area contributed by atoms with E-state index in [9.17, 15) is 4.79 Å². The van der Waals surface area contributed by atoms with Crippen LogP contribution in [0.2, 0.25) is 0 Å². The van der Waals surface area contributed by atoms with E-state index < -0.39 is 5.76 Å². The van der Waals surface area contributed by atoms with Crippen molar-refractivity contribution in [3.63, 3.8) is 0 Å². The number of aromatic nitrogens is 1. The molecule has 0 aliphatic carbocycles. The summed E-state index contributed by atoms with van der Waals surface area (Å²) in [5.41, 5.74) is 2.98. The Morgan fingerprint density at radius 3 is 2.76 bits per heavy atom. The Morgan fingerprint density at radius 2 is 1.95 bits per heavy atom. The standard InChI is InChI=1S/C17H11NO2S/c1-3-11-8-9-14-16-15(11)10(2)20-17(19)18(16)12-6-4-5-7-13(12)21-14/h3-9H,1-2H2. The Bertz CT molecular complexity index is 1100. The molecule has 2 aromatic carbocycles. The number of nitrogens with zero attached hydrogens (tertiary/aromatic N) is 1. The van der Waals surface area contributed by atoms with Gasteiger partial charge in [0.25, 0.3) is 0 Å². The van der Waals surface area contributed by atoms with E-state index in [1.807, 2.05) is 36.4 Å². The summed E-state index contributed by atoms with van der Waals surface area (Å²) in [6.45, 7) is 7.71. The second kappa shape index (κ2) is 4.20. The number of para-hydroxylation sites is 1. The molecule has 0 aromatic heterocycles. The Hall–Kier alpha value is -2.59. The van der Waals surface area contributed by atoms with Crippen LogP contribution in [0.3, 0.4) is 0 Å². The van der Waals surface area contributed by atoms with Crippen LogP contribution in [0.5, 0.6) is 0 Å². The fourth-order valence-electron chi connectivity index (χ4n) is 2.71. The maximum atomic E-state index is 12.4. The number of fused-ring (bicyclic) bond motifs is 2. The molecular weight excluding hydrogens is 282 g/mol. The van der Waals surface area contributed by atoms with Crippen LogP contribution in [0.4, 0.5) is 0 Å². The average molecular weight is 293 g/mol. The van der Waals surface area contributed by atoms with Crippen molar-refractivity contribution in [3.05, 3.63) is 64.5 Å². The minimum absolute atomic E-state index is 0.378. The molecule has 0 spiro atoms. The lowest BCUT2D eigenvalue weighted by atomic mass is 10.1. The maximum absolute atomic E-state index is 12.4. The fraction of sp³-hybridized carbons (Fsp3) is 0. The first-order chi connectivity index (χ1) is 10.2. The van der Waals surface area contributed by atoms with Crippen LogP contribution in [0.15, 0.2) is 52.2 Å².